The van der Waals surface area contributed by atoms with Gasteiger partial charge in [0.05, 0.1) is 24.3 Å². The van der Waals surface area contributed by atoms with Gasteiger partial charge < -0.3 is 4.74 Å². The Kier molecular flexibility index (Phi) is 3.67. The number of hydrogen-bond acceptors (Lipinski definition) is 3. The maximum absolute atomic E-state index is 12.2. The molecule has 1 amide bonds. The minimum absolute atomic E-state index is 0.0280. The Balaban J connectivity index is 2.10. The van der Waals surface area contributed by atoms with Gasteiger partial charge >= 0.3 is 6.09 Å². The number of ether oxygens (including phenoxy) is 1. The fraction of sp³-hybridized carbons (Fsp3) is 0.714. The number of amides is 1. The van der Waals surface area contributed by atoms with Crippen molar-refractivity contribution in [1.29, 1.82) is 0 Å². The van der Waals surface area contributed by atoms with Crippen molar-refractivity contribution in [3.05, 3.63) is 21.6 Å². The summed E-state index contributed by atoms with van der Waals surface area (Å²) in [6.45, 7) is 11.0. The van der Waals surface area contributed by atoms with E-state index in [0.717, 1.165) is 5.69 Å². The summed E-state index contributed by atoms with van der Waals surface area (Å²) in [5.74, 6) is 0.397. The first-order chi connectivity index (χ1) is 9.17. The maximum Gasteiger partial charge on any atom is 0.410 e. The number of aromatic nitrogens is 2. The summed E-state index contributed by atoms with van der Waals surface area (Å²) in [7, 11) is 0. The van der Waals surface area contributed by atoms with Crippen molar-refractivity contribution in [2.24, 2.45) is 5.92 Å². The lowest BCUT2D eigenvalue weighted by Crippen LogP contribution is -2.34. The lowest BCUT2D eigenvalue weighted by atomic mass is 10.2. The van der Waals surface area contributed by atoms with Gasteiger partial charge in [-0.2, -0.15) is 0 Å². The molecule has 1 N–H and O–H groups in total. The number of aromatic amines is 1. The number of nitrogens with one attached hydrogen (secondary N) is 1. The molecule has 1 aliphatic rings. The van der Waals surface area contributed by atoms with Gasteiger partial charge in [0.2, 0.25) is 0 Å². The van der Waals surface area contributed by atoms with Crippen molar-refractivity contribution in [1.82, 2.24) is 14.7 Å². The van der Waals surface area contributed by atoms with Crippen molar-refractivity contribution >= 4 is 6.09 Å². The highest BCUT2D eigenvalue weighted by Gasteiger charge is 2.31. The summed E-state index contributed by atoms with van der Waals surface area (Å²) in [6.07, 6.45) is -0.378. The molecule has 0 aliphatic carbocycles. The van der Waals surface area contributed by atoms with E-state index < -0.39 is 5.60 Å². The summed E-state index contributed by atoms with van der Waals surface area (Å²) in [5, 5.41) is 3.10. The number of fused-ring (bicyclic) bond motifs is 1. The highest BCUT2D eigenvalue weighted by atomic mass is 16.6. The van der Waals surface area contributed by atoms with Crippen LogP contribution in [0.1, 0.15) is 45.9 Å². The van der Waals surface area contributed by atoms with Gasteiger partial charge in [0.15, 0.2) is 0 Å². The molecule has 1 aromatic heterocycles. The van der Waals surface area contributed by atoms with E-state index in [2.05, 4.69) is 18.9 Å². The van der Waals surface area contributed by atoms with Crippen molar-refractivity contribution < 1.29 is 9.53 Å². The van der Waals surface area contributed by atoms with Crippen molar-refractivity contribution in [2.45, 2.75) is 59.9 Å². The van der Waals surface area contributed by atoms with Crippen LogP contribution in [0.3, 0.4) is 0 Å². The molecule has 2 rings (SSSR count). The highest BCUT2D eigenvalue weighted by molar-refractivity contribution is 5.69. The molecule has 1 aromatic rings. The van der Waals surface area contributed by atoms with Gasteiger partial charge in [0.25, 0.3) is 5.56 Å². The molecular weight excluding hydrogens is 258 g/mol. The largest absolute Gasteiger partial charge is 0.444 e. The van der Waals surface area contributed by atoms with E-state index in [1.165, 1.54) is 0 Å². The normalized spacial score (nSPS) is 14.8. The first-order valence-corrected chi connectivity index (χ1v) is 6.96. The minimum atomic E-state index is -0.523. The van der Waals surface area contributed by atoms with Crippen LogP contribution in [0.5, 0.6) is 0 Å². The second-order valence-electron chi connectivity index (χ2n) is 6.71. The van der Waals surface area contributed by atoms with Gasteiger partial charge in [-0.25, -0.2) is 4.79 Å². The highest BCUT2D eigenvalue weighted by Crippen LogP contribution is 2.21. The molecule has 20 heavy (non-hydrogen) atoms. The number of nitrogens with zero attached hydrogens (tertiary/aromatic N) is 2. The smallest absolute Gasteiger partial charge is 0.410 e. The zero-order chi connectivity index (χ0) is 15.1. The first kappa shape index (κ1) is 14.7. The number of carbonyl (C=O) groups is 1. The van der Waals surface area contributed by atoms with Gasteiger partial charge in [-0.15, -0.1) is 0 Å². The van der Waals surface area contributed by atoms with Gasteiger partial charge in [0.1, 0.15) is 5.60 Å². The van der Waals surface area contributed by atoms with E-state index in [0.29, 0.717) is 31.1 Å². The Hall–Kier alpha value is -1.72. The second-order valence-corrected chi connectivity index (χ2v) is 6.71. The van der Waals surface area contributed by atoms with E-state index in [1.807, 2.05) is 20.8 Å². The van der Waals surface area contributed by atoms with E-state index in [-0.39, 0.29) is 11.7 Å². The van der Waals surface area contributed by atoms with Crippen LogP contribution < -0.4 is 5.56 Å². The monoisotopic (exact) mass is 281 g/mol. The minimum Gasteiger partial charge on any atom is -0.444 e. The molecular formula is C14H23N3O3. The third-order valence-electron chi connectivity index (χ3n) is 3.03. The molecule has 6 heteroatoms. The molecule has 0 fully saturated rings. The van der Waals surface area contributed by atoms with E-state index in [4.69, 9.17) is 4.74 Å². The Morgan fingerprint density at radius 2 is 2.00 bits per heavy atom. The molecule has 1 aliphatic heterocycles. The number of hydrogen-bond donors (Lipinski definition) is 1. The van der Waals surface area contributed by atoms with Crippen LogP contribution in [0.15, 0.2) is 4.79 Å². The third kappa shape index (κ3) is 3.05. The standard InChI is InChI=1S/C14H23N3O3/c1-9(2)6-17-12(18)10-7-16(8-11(10)15-17)13(19)20-14(3,4)5/h9,15H,6-8H2,1-5H3. The number of rotatable bonds is 2. The third-order valence-corrected chi connectivity index (χ3v) is 3.03. The predicted molar refractivity (Wildman–Crippen MR) is 75.4 cm³/mol. The zero-order valence-electron chi connectivity index (χ0n) is 12.8. The van der Waals surface area contributed by atoms with Crippen LogP contribution in [0.2, 0.25) is 0 Å². The van der Waals surface area contributed by atoms with Gasteiger partial charge in [0, 0.05) is 6.54 Å². The predicted octanol–water partition coefficient (Wildman–Crippen LogP) is 2.08. The lowest BCUT2D eigenvalue weighted by Gasteiger charge is -2.24. The first-order valence-electron chi connectivity index (χ1n) is 6.96. The van der Waals surface area contributed by atoms with Crippen LogP contribution in [0.4, 0.5) is 4.79 Å². The zero-order valence-corrected chi connectivity index (χ0v) is 12.8. The summed E-state index contributed by atoms with van der Waals surface area (Å²) in [6, 6.07) is 0. The molecule has 112 valence electrons. The average molecular weight is 281 g/mol. The summed E-state index contributed by atoms with van der Waals surface area (Å²) in [5.41, 5.74) is 0.948. The van der Waals surface area contributed by atoms with Crippen LogP contribution in [-0.4, -0.2) is 26.4 Å². The summed E-state index contributed by atoms with van der Waals surface area (Å²) in [4.78, 5) is 25.7. The van der Waals surface area contributed by atoms with Crippen molar-refractivity contribution in [2.75, 3.05) is 0 Å². The molecule has 0 aromatic carbocycles. The molecule has 0 saturated carbocycles. The summed E-state index contributed by atoms with van der Waals surface area (Å²) >= 11 is 0. The Morgan fingerprint density at radius 1 is 1.35 bits per heavy atom. The van der Waals surface area contributed by atoms with Gasteiger partial charge in [-0.3, -0.25) is 19.5 Å². The molecule has 0 spiro atoms. The summed E-state index contributed by atoms with van der Waals surface area (Å²) < 4.78 is 6.95. The fourth-order valence-corrected chi connectivity index (χ4v) is 2.25. The number of carbonyl (C=O) groups excluding carboxylic acids is 1. The Morgan fingerprint density at radius 3 is 2.50 bits per heavy atom. The van der Waals surface area contributed by atoms with Gasteiger partial charge in [-0.1, -0.05) is 13.8 Å². The quantitative estimate of drug-likeness (QED) is 0.902. The van der Waals surface area contributed by atoms with E-state index in [9.17, 15) is 9.59 Å². The topological polar surface area (TPSA) is 67.3 Å². The average Bonchev–Trinajstić information content (AvgIpc) is 2.78. The Bertz CT molecular complexity index is 563. The van der Waals surface area contributed by atoms with E-state index >= 15 is 0 Å². The van der Waals surface area contributed by atoms with Gasteiger partial charge in [-0.05, 0) is 26.7 Å². The van der Waals surface area contributed by atoms with Crippen LogP contribution in [0, 0.1) is 5.92 Å². The lowest BCUT2D eigenvalue weighted by molar-refractivity contribution is 0.0238. The molecule has 0 saturated heterocycles. The van der Waals surface area contributed by atoms with Crippen LogP contribution in [-0.2, 0) is 24.4 Å². The molecule has 0 atom stereocenters. The van der Waals surface area contributed by atoms with Crippen LogP contribution in [0.25, 0.3) is 0 Å². The fourth-order valence-electron chi connectivity index (χ4n) is 2.25. The maximum atomic E-state index is 12.2. The van der Waals surface area contributed by atoms with Crippen molar-refractivity contribution in [3.63, 3.8) is 0 Å². The van der Waals surface area contributed by atoms with Crippen LogP contribution >= 0.6 is 0 Å². The molecule has 6 nitrogen and oxygen atoms in total. The second kappa shape index (κ2) is 5.00. The Labute approximate surface area is 118 Å². The SMILES string of the molecule is CC(C)Cn1[nH]c2c(c1=O)CN(C(=O)OC(C)(C)C)C2. The number of H-pyrrole nitrogens is 1. The van der Waals surface area contributed by atoms with Crippen molar-refractivity contribution in [3.8, 4) is 0 Å². The van der Waals surface area contributed by atoms with E-state index in [1.54, 1.807) is 9.58 Å². The molecule has 2 heterocycles. The molecule has 0 bridgehead atoms. The molecule has 0 unspecified atom stereocenters. The molecule has 0 radical (unpaired) electrons.